The van der Waals surface area contributed by atoms with Crippen molar-refractivity contribution in [2.45, 2.75) is 18.1 Å². The van der Waals surface area contributed by atoms with Crippen LogP contribution in [0.3, 0.4) is 0 Å². The standard InChI is InChI=1S/C21H19F3N2O5S/c22-21(23,24)19(29)25-11-32-10-17(18(27)28)26-20(30)31-9-16-14-7-3-1-5-12(14)13-6-2-4-8-15(13)16/h1-8,16-17H,9-11H2,(H,25,29)(H,26,30)(H,27,28)/t17-/m0/s1. The van der Waals surface area contributed by atoms with Crippen molar-refractivity contribution in [3.8, 4) is 11.1 Å². The van der Waals surface area contributed by atoms with E-state index in [1.807, 2.05) is 48.5 Å². The predicted octanol–water partition coefficient (Wildman–Crippen LogP) is 3.35. The SMILES string of the molecule is O=C(N[C@@H](CSCNC(=O)C(F)(F)F)C(=O)O)OCC1c2ccccc2-c2ccccc21. The molecule has 0 saturated carbocycles. The van der Waals surface area contributed by atoms with Gasteiger partial charge in [0.05, 0.1) is 5.88 Å². The molecule has 7 nitrogen and oxygen atoms in total. The lowest BCUT2D eigenvalue weighted by molar-refractivity contribution is -0.173. The lowest BCUT2D eigenvalue weighted by Gasteiger charge is -2.17. The quantitative estimate of drug-likeness (QED) is 0.406. The van der Waals surface area contributed by atoms with Gasteiger partial charge in [-0.2, -0.15) is 13.2 Å². The molecule has 2 amide bonds. The Labute approximate surface area is 185 Å². The first-order valence-corrected chi connectivity index (χ1v) is 10.6. The van der Waals surface area contributed by atoms with Crippen LogP contribution >= 0.6 is 11.8 Å². The number of aliphatic carboxylic acids is 1. The number of fused-ring (bicyclic) bond motifs is 3. The number of hydrogen-bond acceptors (Lipinski definition) is 5. The zero-order valence-corrected chi connectivity index (χ0v) is 17.3. The molecule has 0 aromatic heterocycles. The van der Waals surface area contributed by atoms with Gasteiger partial charge in [-0.05, 0) is 22.3 Å². The summed E-state index contributed by atoms with van der Waals surface area (Å²) in [5.41, 5.74) is 4.06. The van der Waals surface area contributed by atoms with Crippen LogP contribution in [0.1, 0.15) is 17.0 Å². The summed E-state index contributed by atoms with van der Waals surface area (Å²) in [4.78, 5) is 34.3. The number of halogens is 3. The normalized spacial score (nSPS) is 13.6. The van der Waals surface area contributed by atoms with Crippen molar-refractivity contribution in [3.05, 3.63) is 59.7 Å². The third kappa shape index (κ3) is 5.52. The third-order valence-corrected chi connectivity index (χ3v) is 5.73. The Morgan fingerprint density at radius 2 is 1.59 bits per heavy atom. The van der Waals surface area contributed by atoms with Crippen LogP contribution in [0.15, 0.2) is 48.5 Å². The van der Waals surface area contributed by atoms with Gasteiger partial charge in [0, 0.05) is 11.7 Å². The first-order chi connectivity index (χ1) is 15.2. The average Bonchev–Trinajstić information content (AvgIpc) is 3.07. The summed E-state index contributed by atoms with van der Waals surface area (Å²) in [5.74, 6) is -4.44. The number of carboxylic acid groups (broad SMARTS) is 1. The molecule has 0 fully saturated rings. The van der Waals surface area contributed by atoms with Crippen molar-refractivity contribution in [3.63, 3.8) is 0 Å². The molecular formula is C21H19F3N2O5S. The average molecular weight is 468 g/mol. The largest absolute Gasteiger partial charge is 0.480 e. The first kappa shape index (κ1) is 23.5. The summed E-state index contributed by atoms with van der Waals surface area (Å²) in [5, 5.41) is 13.1. The van der Waals surface area contributed by atoms with E-state index in [9.17, 15) is 32.7 Å². The molecule has 0 saturated heterocycles. The monoisotopic (exact) mass is 468 g/mol. The van der Waals surface area contributed by atoms with Gasteiger partial charge in [0.25, 0.3) is 0 Å². The van der Waals surface area contributed by atoms with Crippen LogP contribution in [-0.2, 0) is 14.3 Å². The summed E-state index contributed by atoms with van der Waals surface area (Å²) in [6, 6.07) is 14.0. The van der Waals surface area contributed by atoms with Crippen molar-refractivity contribution in [2.24, 2.45) is 0 Å². The van der Waals surface area contributed by atoms with E-state index in [0.717, 1.165) is 34.0 Å². The minimum Gasteiger partial charge on any atom is -0.480 e. The van der Waals surface area contributed by atoms with E-state index >= 15 is 0 Å². The zero-order valence-electron chi connectivity index (χ0n) is 16.5. The topological polar surface area (TPSA) is 105 Å². The lowest BCUT2D eigenvalue weighted by Crippen LogP contribution is -2.43. The van der Waals surface area contributed by atoms with Crippen LogP contribution in [0.2, 0.25) is 0 Å². The van der Waals surface area contributed by atoms with Crippen LogP contribution < -0.4 is 10.6 Å². The predicted molar refractivity (Wildman–Crippen MR) is 111 cm³/mol. The molecule has 0 bridgehead atoms. The molecule has 32 heavy (non-hydrogen) atoms. The van der Waals surface area contributed by atoms with E-state index in [4.69, 9.17) is 4.74 Å². The van der Waals surface area contributed by atoms with E-state index < -0.39 is 36.1 Å². The van der Waals surface area contributed by atoms with Crippen LogP contribution in [0.4, 0.5) is 18.0 Å². The Bertz CT molecular complexity index is 969. The molecule has 170 valence electrons. The zero-order chi connectivity index (χ0) is 23.3. The molecule has 2 aromatic carbocycles. The first-order valence-electron chi connectivity index (χ1n) is 9.45. The molecule has 0 radical (unpaired) electrons. The number of carbonyl (C=O) groups excluding carboxylic acids is 2. The van der Waals surface area contributed by atoms with E-state index in [1.165, 1.54) is 0 Å². The van der Waals surface area contributed by atoms with E-state index in [2.05, 4.69) is 5.32 Å². The van der Waals surface area contributed by atoms with Crippen LogP contribution in [-0.4, -0.2) is 53.5 Å². The summed E-state index contributed by atoms with van der Waals surface area (Å²) >= 11 is 0.718. The number of nitrogens with one attached hydrogen (secondary N) is 2. The van der Waals surface area contributed by atoms with Gasteiger partial charge in [0.1, 0.15) is 12.6 Å². The number of benzene rings is 2. The number of hydrogen-bond donors (Lipinski definition) is 3. The third-order valence-electron chi connectivity index (χ3n) is 4.81. The molecule has 0 spiro atoms. The highest BCUT2D eigenvalue weighted by Gasteiger charge is 2.38. The fraction of sp³-hybridized carbons (Fsp3) is 0.286. The van der Waals surface area contributed by atoms with Crippen molar-refractivity contribution in [1.82, 2.24) is 10.6 Å². The van der Waals surface area contributed by atoms with Crippen molar-refractivity contribution in [2.75, 3.05) is 18.2 Å². The van der Waals surface area contributed by atoms with E-state index in [0.29, 0.717) is 0 Å². The highest BCUT2D eigenvalue weighted by atomic mass is 32.2. The fourth-order valence-corrected chi connectivity index (χ4v) is 4.16. The summed E-state index contributed by atoms with van der Waals surface area (Å²) in [6.07, 6.45) is -5.98. The Kier molecular flexibility index (Phi) is 7.29. The molecule has 0 unspecified atom stereocenters. The molecule has 3 rings (SSSR count). The maximum Gasteiger partial charge on any atom is 0.471 e. The molecule has 2 aromatic rings. The molecule has 11 heteroatoms. The van der Waals surface area contributed by atoms with Gasteiger partial charge < -0.3 is 20.5 Å². The lowest BCUT2D eigenvalue weighted by atomic mass is 9.98. The Balaban J connectivity index is 1.53. The highest BCUT2D eigenvalue weighted by Crippen LogP contribution is 2.44. The number of thioether (sulfide) groups is 1. The summed E-state index contributed by atoms with van der Waals surface area (Å²) in [6.45, 7) is -0.0129. The van der Waals surface area contributed by atoms with E-state index in [-0.39, 0.29) is 18.3 Å². The maximum atomic E-state index is 12.2. The molecule has 0 heterocycles. The minimum absolute atomic E-state index is 0.0129. The van der Waals surface area contributed by atoms with Gasteiger partial charge in [-0.1, -0.05) is 48.5 Å². The number of rotatable bonds is 8. The number of amides is 2. The number of alkyl halides is 3. The second kappa shape index (κ2) is 9.94. The molecular weight excluding hydrogens is 449 g/mol. The van der Waals surface area contributed by atoms with Crippen LogP contribution in [0.25, 0.3) is 11.1 Å². The van der Waals surface area contributed by atoms with Gasteiger partial charge in [0.2, 0.25) is 0 Å². The van der Waals surface area contributed by atoms with Crippen LogP contribution in [0, 0.1) is 0 Å². The van der Waals surface area contributed by atoms with Crippen molar-refractivity contribution in [1.29, 1.82) is 0 Å². The fourth-order valence-electron chi connectivity index (χ4n) is 3.35. The van der Waals surface area contributed by atoms with Gasteiger partial charge in [0.15, 0.2) is 0 Å². The number of carbonyl (C=O) groups is 3. The number of alkyl carbamates (subject to hydrolysis) is 1. The minimum atomic E-state index is -5.02. The molecule has 1 aliphatic carbocycles. The molecule has 3 N–H and O–H groups in total. The Hall–Kier alpha value is -3.21. The highest BCUT2D eigenvalue weighted by molar-refractivity contribution is 7.99. The number of carboxylic acids is 1. The second-order valence-electron chi connectivity index (χ2n) is 6.88. The molecule has 1 aliphatic rings. The van der Waals surface area contributed by atoms with E-state index in [1.54, 1.807) is 5.32 Å². The maximum absolute atomic E-state index is 12.2. The van der Waals surface area contributed by atoms with Crippen molar-refractivity contribution >= 4 is 29.7 Å². The summed E-state index contributed by atoms with van der Waals surface area (Å²) < 4.78 is 41.7. The Morgan fingerprint density at radius 1 is 1.03 bits per heavy atom. The summed E-state index contributed by atoms with van der Waals surface area (Å²) in [7, 11) is 0. The van der Waals surface area contributed by atoms with Crippen LogP contribution in [0.5, 0.6) is 0 Å². The van der Waals surface area contributed by atoms with Gasteiger partial charge in [-0.15, -0.1) is 11.8 Å². The molecule has 0 aliphatic heterocycles. The second-order valence-corrected chi connectivity index (χ2v) is 7.91. The van der Waals surface area contributed by atoms with Gasteiger partial charge >= 0.3 is 24.1 Å². The number of ether oxygens (including phenoxy) is 1. The smallest absolute Gasteiger partial charge is 0.471 e. The van der Waals surface area contributed by atoms with Gasteiger partial charge in [-0.25, -0.2) is 9.59 Å². The Morgan fingerprint density at radius 3 is 2.12 bits per heavy atom. The van der Waals surface area contributed by atoms with Gasteiger partial charge in [-0.3, -0.25) is 4.79 Å². The molecule has 1 atom stereocenters. The van der Waals surface area contributed by atoms with Crippen molar-refractivity contribution < 1.29 is 37.4 Å².